The molecule has 0 N–H and O–H groups in total. The van der Waals surface area contributed by atoms with Crippen LogP contribution in [0.2, 0.25) is 0 Å². The van der Waals surface area contributed by atoms with Gasteiger partial charge in [0.1, 0.15) is 17.7 Å². The molecule has 0 aliphatic carbocycles. The first-order chi connectivity index (χ1) is 12.0. The number of hydrogen-bond acceptors (Lipinski definition) is 4. The molecular weight excluding hydrogens is 310 g/mol. The van der Waals surface area contributed by atoms with Crippen molar-refractivity contribution >= 4 is 16.9 Å². The Hall–Kier alpha value is -2.87. The SMILES string of the molecule is CC(C)(C)c1nc2ccccc2n1C1CN(c2ccc(C#N)cn2)C1. The first kappa shape index (κ1) is 15.6. The van der Waals surface area contributed by atoms with E-state index >= 15 is 0 Å². The van der Waals surface area contributed by atoms with Crippen LogP contribution in [0.5, 0.6) is 0 Å². The number of benzene rings is 1. The van der Waals surface area contributed by atoms with Gasteiger partial charge in [-0.2, -0.15) is 5.26 Å². The summed E-state index contributed by atoms with van der Waals surface area (Å²) in [6, 6.07) is 14.6. The number of rotatable bonds is 2. The van der Waals surface area contributed by atoms with Gasteiger partial charge in [-0.3, -0.25) is 0 Å². The summed E-state index contributed by atoms with van der Waals surface area (Å²) in [6.07, 6.45) is 1.63. The Morgan fingerprint density at radius 3 is 2.52 bits per heavy atom. The van der Waals surface area contributed by atoms with Gasteiger partial charge in [-0.15, -0.1) is 0 Å². The Kier molecular flexibility index (Phi) is 3.50. The highest BCUT2D eigenvalue weighted by atomic mass is 15.3. The Labute approximate surface area is 147 Å². The highest BCUT2D eigenvalue weighted by Gasteiger charge is 2.34. The lowest BCUT2D eigenvalue weighted by molar-refractivity contribution is 0.371. The molecule has 0 unspecified atom stereocenters. The number of nitriles is 1. The highest BCUT2D eigenvalue weighted by molar-refractivity contribution is 5.76. The van der Waals surface area contributed by atoms with Gasteiger partial charge in [0.05, 0.1) is 22.6 Å². The quantitative estimate of drug-likeness (QED) is 0.719. The van der Waals surface area contributed by atoms with Crippen LogP contribution in [0.1, 0.15) is 38.2 Å². The summed E-state index contributed by atoms with van der Waals surface area (Å²) in [5.41, 5.74) is 2.84. The third-order valence-corrected chi connectivity index (χ3v) is 4.70. The minimum absolute atomic E-state index is 0.00780. The molecule has 1 aromatic carbocycles. The molecule has 3 aromatic rings. The van der Waals surface area contributed by atoms with Crippen molar-refractivity contribution in [1.82, 2.24) is 14.5 Å². The van der Waals surface area contributed by atoms with E-state index in [0.29, 0.717) is 11.6 Å². The Morgan fingerprint density at radius 1 is 1.12 bits per heavy atom. The topological polar surface area (TPSA) is 57.7 Å². The number of nitrogens with zero attached hydrogens (tertiary/aromatic N) is 5. The molecule has 5 heteroatoms. The summed E-state index contributed by atoms with van der Waals surface area (Å²) >= 11 is 0. The molecule has 126 valence electrons. The molecule has 4 rings (SSSR count). The van der Waals surface area contributed by atoms with Crippen LogP contribution in [0.25, 0.3) is 11.0 Å². The zero-order chi connectivity index (χ0) is 17.6. The molecule has 3 heterocycles. The molecule has 0 spiro atoms. The fourth-order valence-electron chi connectivity index (χ4n) is 3.39. The molecule has 0 radical (unpaired) electrons. The van der Waals surface area contributed by atoms with Gasteiger partial charge in [0.2, 0.25) is 0 Å². The average molecular weight is 331 g/mol. The van der Waals surface area contributed by atoms with Crippen molar-refractivity contribution in [2.75, 3.05) is 18.0 Å². The number of hydrogen-bond donors (Lipinski definition) is 0. The van der Waals surface area contributed by atoms with Gasteiger partial charge in [0.15, 0.2) is 0 Å². The monoisotopic (exact) mass is 331 g/mol. The van der Waals surface area contributed by atoms with Crippen molar-refractivity contribution in [1.29, 1.82) is 5.26 Å². The summed E-state index contributed by atoms with van der Waals surface area (Å²) in [5, 5.41) is 8.90. The number of aromatic nitrogens is 3. The van der Waals surface area contributed by atoms with Gasteiger partial charge in [-0.1, -0.05) is 32.9 Å². The van der Waals surface area contributed by atoms with E-state index in [1.807, 2.05) is 18.2 Å². The van der Waals surface area contributed by atoms with E-state index in [9.17, 15) is 0 Å². The minimum atomic E-state index is -0.00780. The largest absolute Gasteiger partial charge is 0.352 e. The third-order valence-electron chi connectivity index (χ3n) is 4.70. The first-order valence-corrected chi connectivity index (χ1v) is 8.56. The number of anilines is 1. The Bertz CT molecular complexity index is 950. The fourth-order valence-corrected chi connectivity index (χ4v) is 3.39. The lowest BCUT2D eigenvalue weighted by Crippen LogP contribution is -2.49. The van der Waals surface area contributed by atoms with Crippen molar-refractivity contribution in [3.8, 4) is 6.07 Å². The first-order valence-electron chi connectivity index (χ1n) is 8.56. The summed E-state index contributed by atoms with van der Waals surface area (Å²) in [6.45, 7) is 8.45. The van der Waals surface area contributed by atoms with Gasteiger partial charge in [0.25, 0.3) is 0 Å². The average Bonchev–Trinajstić information content (AvgIpc) is 2.94. The molecule has 0 bridgehead atoms. The molecule has 25 heavy (non-hydrogen) atoms. The van der Waals surface area contributed by atoms with Crippen molar-refractivity contribution in [3.05, 3.63) is 54.0 Å². The molecule has 1 fully saturated rings. The van der Waals surface area contributed by atoms with E-state index < -0.39 is 0 Å². The predicted octanol–water partition coefficient (Wildman–Crippen LogP) is 3.66. The van der Waals surface area contributed by atoms with Gasteiger partial charge < -0.3 is 9.47 Å². The molecule has 0 atom stereocenters. The maximum Gasteiger partial charge on any atom is 0.128 e. The summed E-state index contributed by atoms with van der Waals surface area (Å²) < 4.78 is 2.40. The maximum absolute atomic E-state index is 8.90. The van der Waals surface area contributed by atoms with Crippen LogP contribution < -0.4 is 4.90 Å². The third kappa shape index (κ3) is 2.64. The molecule has 0 saturated carbocycles. The second-order valence-electron chi connectivity index (χ2n) is 7.62. The second-order valence-corrected chi connectivity index (χ2v) is 7.62. The number of para-hydroxylation sites is 2. The standard InChI is InChI=1S/C20H21N5/c1-20(2,3)19-23-16-6-4-5-7-17(16)25(19)15-12-24(13-15)18-9-8-14(10-21)11-22-18/h4-9,11,15H,12-13H2,1-3H3. The van der Waals surface area contributed by atoms with Crippen LogP contribution >= 0.6 is 0 Å². The van der Waals surface area contributed by atoms with Crippen LogP contribution in [0.15, 0.2) is 42.6 Å². The maximum atomic E-state index is 8.90. The van der Waals surface area contributed by atoms with Gasteiger partial charge >= 0.3 is 0 Å². The van der Waals surface area contributed by atoms with Crippen molar-refractivity contribution in [3.63, 3.8) is 0 Å². The number of pyridine rings is 1. The normalized spacial score (nSPS) is 15.2. The molecular formula is C20H21N5. The molecule has 2 aromatic heterocycles. The summed E-state index contributed by atoms with van der Waals surface area (Å²) in [4.78, 5) is 11.5. The van der Waals surface area contributed by atoms with Crippen molar-refractivity contribution in [2.24, 2.45) is 0 Å². The highest BCUT2D eigenvalue weighted by Crippen LogP contribution is 2.34. The Balaban J connectivity index is 1.64. The van der Waals surface area contributed by atoms with E-state index in [0.717, 1.165) is 30.2 Å². The molecule has 1 saturated heterocycles. The fraction of sp³-hybridized carbons (Fsp3) is 0.350. The molecule has 0 amide bonds. The number of imidazole rings is 1. The molecule has 1 aliphatic rings. The van der Waals surface area contributed by atoms with Crippen LogP contribution in [-0.4, -0.2) is 27.6 Å². The van der Waals surface area contributed by atoms with Crippen LogP contribution in [0.4, 0.5) is 5.82 Å². The van der Waals surface area contributed by atoms with Gasteiger partial charge in [-0.05, 0) is 24.3 Å². The van der Waals surface area contributed by atoms with Gasteiger partial charge in [-0.25, -0.2) is 9.97 Å². The number of fused-ring (bicyclic) bond motifs is 1. The zero-order valence-electron chi connectivity index (χ0n) is 14.8. The van der Waals surface area contributed by atoms with Crippen LogP contribution in [0, 0.1) is 11.3 Å². The van der Waals surface area contributed by atoms with E-state index in [2.05, 4.69) is 59.5 Å². The minimum Gasteiger partial charge on any atom is -0.352 e. The molecule has 5 nitrogen and oxygen atoms in total. The summed E-state index contributed by atoms with van der Waals surface area (Å²) in [7, 11) is 0. The van der Waals surface area contributed by atoms with Crippen molar-refractivity contribution in [2.45, 2.75) is 32.2 Å². The smallest absolute Gasteiger partial charge is 0.128 e. The lowest BCUT2D eigenvalue weighted by Gasteiger charge is -2.42. The van der Waals surface area contributed by atoms with E-state index in [1.165, 1.54) is 5.52 Å². The van der Waals surface area contributed by atoms with E-state index in [4.69, 9.17) is 10.2 Å². The van der Waals surface area contributed by atoms with Gasteiger partial charge in [0, 0.05) is 24.7 Å². The lowest BCUT2D eigenvalue weighted by atomic mass is 9.94. The van der Waals surface area contributed by atoms with Crippen molar-refractivity contribution < 1.29 is 0 Å². The predicted molar refractivity (Wildman–Crippen MR) is 98.6 cm³/mol. The van der Waals surface area contributed by atoms with Crippen LogP contribution in [-0.2, 0) is 5.41 Å². The van der Waals surface area contributed by atoms with E-state index in [-0.39, 0.29) is 5.41 Å². The van der Waals surface area contributed by atoms with Crippen LogP contribution in [0.3, 0.4) is 0 Å². The zero-order valence-corrected chi connectivity index (χ0v) is 14.8. The molecule has 1 aliphatic heterocycles. The van der Waals surface area contributed by atoms with E-state index in [1.54, 1.807) is 6.20 Å². The Morgan fingerprint density at radius 2 is 1.88 bits per heavy atom. The second kappa shape index (κ2) is 5.59. The summed E-state index contributed by atoms with van der Waals surface area (Å²) in [5.74, 6) is 2.06.